The van der Waals surface area contributed by atoms with Crippen LogP contribution in [0.5, 0.6) is 0 Å². The van der Waals surface area contributed by atoms with Crippen LogP contribution in [0.4, 0.5) is 0 Å². The maximum absolute atomic E-state index is 11.9. The van der Waals surface area contributed by atoms with Gasteiger partial charge in [0.1, 0.15) is 0 Å². The minimum atomic E-state index is -0.203. The summed E-state index contributed by atoms with van der Waals surface area (Å²) in [6, 6.07) is 3.00. The lowest BCUT2D eigenvalue weighted by molar-refractivity contribution is 0.0273. The molecule has 0 aliphatic heterocycles. The van der Waals surface area contributed by atoms with Crippen LogP contribution in [0, 0.1) is 0 Å². The van der Waals surface area contributed by atoms with E-state index in [0.717, 1.165) is 6.42 Å². The van der Waals surface area contributed by atoms with Crippen LogP contribution >= 0.6 is 0 Å². The largest absolute Gasteiger partial charge is 0.378 e. The molecule has 21 heavy (non-hydrogen) atoms. The number of nitrogens with one attached hydrogen (secondary N) is 1. The first-order valence-electron chi connectivity index (χ1n) is 7.73. The van der Waals surface area contributed by atoms with Gasteiger partial charge in [0.25, 0.3) is 11.5 Å². The summed E-state index contributed by atoms with van der Waals surface area (Å²) >= 11 is 0. The molecule has 0 unspecified atom stereocenters. The monoisotopic (exact) mass is 292 g/mol. The first-order chi connectivity index (χ1) is 10.2. The van der Waals surface area contributed by atoms with Crippen molar-refractivity contribution in [1.29, 1.82) is 0 Å². The van der Waals surface area contributed by atoms with Gasteiger partial charge in [0.15, 0.2) is 0 Å². The number of ether oxygens (including phenoxy) is 1. The molecule has 1 aromatic heterocycles. The second kappa shape index (κ2) is 7.98. The van der Waals surface area contributed by atoms with E-state index in [1.807, 2.05) is 0 Å². The molecule has 1 amide bonds. The Morgan fingerprint density at radius 3 is 2.86 bits per heavy atom. The SMILES string of the molecule is Cn1ccc(C(=O)NCCCOC2CCCCC2)cc1=O. The van der Waals surface area contributed by atoms with E-state index in [1.54, 1.807) is 19.3 Å². The molecule has 0 atom stereocenters. The minimum absolute atomic E-state index is 0.178. The number of amides is 1. The molecule has 1 heterocycles. The number of carbonyl (C=O) groups excluding carboxylic acids is 1. The molecule has 1 aromatic rings. The normalized spacial score (nSPS) is 15.9. The van der Waals surface area contributed by atoms with Gasteiger partial charge in [-0.3, -0.25) is 9.59 Å². The summed E-state index contributed by atoms with van der Waals surface area (Å²) in [5, 5.41) is 2.82. The van der Waals surface area contributed by atoms with E-state index < -0.39 is 0 Å². The topological polar surface area (TPSA) is 60.3 Å². The maximum atomic E-state index is 11.9. The Morgan fingerprint density at radius 2 is 2.14 bits per heavy atom. The fourth-order valence-corrected chi connectivity index (χ4v) is 2.55. The highest BCUT2D eigenvalue weighted by atomic mass is 16.5. The Balaban J connectivity index is 1.64. The van der Waals surface area contributed by atoms with E-state index in [4.69, 9.17) is 4.74 Å². The van der Waals surface area contributed by atoms with Crippen LogP contribution in [0.15, 0.2) is 23.1 Å². The number of aryl methyl sites for hydroxylation is 1. The molecule has 0 bridgehead atoms. The Hall–Kier alpha value is -1.62. The molecular weight excluding hydrogens is 268 g/mol. The molecule has 0 aromatic carbocycles. The maximum Gasteiger partial charge on any atom is 0.251 e. The van der Waals surface area contributed by atoms with Crippen LogP contribution < -0.4 is 10.9 Å². The highest BCUT2D eigenvalue weighted by molar-refractivity contribution is 5.93. The van der Waals surface area contributed by atoms with E-state index in [1.165, 1.54) is 42.7 Å². The van der Waals surface area contributed by atoms with Crippen molar-refractivity contribution in [3.05, 3.63) is 34.2 Å². The van der Waals surface area contributed by atoms with E-state index >= 15 is 0 Å². The minimum Gasteiger partial charge on any atom is -0.378 e. The van der Waals surface area contributed by atoms with Crippen LogP contribution in [0.2, 0.25) is 0 Å². The van der Waals surface area contributed by atoms with E-state index in [0.29, 0.717) is 24.8 Å². The Bertz CT molecular complexity index is 518. The Labute approximate surface area is 125 Å². The summed E-state index contributed by atoms with van der Waals surface area (Å²) in [5.41, 5.74) is 0.231. The lowest BCUT2D eigenvalue weighted by atomic mass is 9.98. The third-order valence-electron chi connectivity index (χ3n) is 3.88. The number of hydrogen-bond acceptors (Lipinski definition) is 3. The fourth-order valence-electron chi connectivity index (χ4n) is 2.55. The summed E-state index contributed by atoms with van der Waals surface area (Å²) in [4.78, 5) is 23.3. The third-order valence-corrected chi connectivity index (χ3v) is 3.88. The molecule has 1 aliphatic rings. The molecule has 0 saturated heterocycles. The van der Waals surface area contributed by atoms with Crippen LogP contribution in [0.1, 0.15) is 48.9 Å². The van der Waals surface area contributed by atoms with Crippen molar-refractivity contribution in [2.75, 3.05) is 13.2 Å². The van der Waals surface area contributed by atoms with E-state index in [2.05, 4.69) is 5.32 Å². The number of carbonyl (C=O) groups is 1. The first kappa shape index (κ1) is 15.8. The van der Waals surface area contributed by atoms with Gasteiger partial charge in [-0.1, -0.05) is 19.3 Å². The molecule has 0 spiro atoms. The average Bonchev–Trinajstić information content (AvgIpc) is 2.50. The van der Waals surface area contributed by atoms with Gasteiger partial charge in [-0.05, 0) is 25.3 Å². The van der Waals surface area contributed by atoms with Gasteiger partial charge in [-0.2, -0.15) is 0 Å². The third kappa shape index (κ3) is 5.01. The molecular formula is C16H24N2O3. The van der Waals surface area contributed by atoms with Crippen LogP contribution in [-0.2, 0) is 11.8 Å². The predicted molar refractivity (Wildman–Crippen MR) is 81.5 cm³/mol. The smallest absolute Gasteiger partial charge is 0.251 e. The van der Waals surface area contributed by atoms with Crippen molar-refractivity contribution in [3.8, 4) is 0 Å². The van der Waals surface area contributed by atoms with Gasteiger partial charge in [0.2, 0.25) is 0 Å². The van der Waals surface area contributed by atoms with Crippen molar-refractivity contribution >= 4 is 5.91 Å². The average molecular weight is 292 g/mol. The molecule has 5 nitrogen and oxygen atoms in total. The molecule has 1 saturated carbocycles. The number of aromatic nitrogens is 1. The number of nitrogens with zero attached hydrogens (tertiary/aromatic N) is 1. The number of pyridine rings is 1. The molecule has 1 aliphatic carbocycles. The molecule has 5 heteroatoms. The zero-order valence-electron chi connectivity index (χ0n) is 12.6. The van der Waals surface area contributed by atoms with Gasteiger partial charge < -0.3 is 14.6 Å². The summed E-state index contributed by atoms with van der Waals surface area (Å²) in [7, 11) is 1.66. The van der Waals surface area contributed by atoms with E-state index in [-0.39, 0.29) is 11.5 Å². The second-order valence-electron chi connectivity index (χ2n) is 5.60. The van der Waals surface area contributed by atoms with Crippen molar-refractivity contribution in [3.63, 3.8) is 0 Å². The van der Waals surface area contributed by atoms with Crippen LogP contribution in [0.3, 0.4) is 0 Å². The summed E-state index contributed by atoms with van der Waals surface area (Å²) in [6.07, 6.45) is 9.00. The fraction of sp³-hybridized carbons (Fsp3) is 0.625. The quantitative estimate of drug-likeness (QED) is 0.814. The van der Waals surface area contributed by atoms with Gasteiger partial charge in [-0.15, -0.1) is 0 Å². The molecule has 2 rings (SSSR count). The van der Waals surface area contributed by atoms with Crippen molar-refractivity contribution in [2.24, 2.45) is 7.05 Å². The zero-order valence-corrected chi connectivity index (χ0v) is 12.6. The van der Waals surface area contributed by atoms with Gasteiger partial charge in [0.05, 0.1) is 6.10 Å². The van der Waals surface area contributed by atoms with Gasteiger partial charge in [-0.25, -0.2) is 0 Å². The Kier molecular flexibility index (Phi) is 5.99. The van der Waals surface area contributed by atoms with Crippen LogP contribution in [-0.4, -0.2) is 29.7 Å². The highest BCUT2D eigenvalue weighted by Gasteiger charge is 2.13. The number of hydrogen-bond donors (Lipinski definition) is 1. The van der Waals surface area contributed by atoms with Gasteiger partial charge in [0, 0.05) is 38.0 Å². The van der Waals surface area contributed by atoms with Crippen molar-refractivity contribution < 1.29 is 9.53 Å². The lowest BCUT2D eigenvalue weighted by Crippen LogP contribution is -2.28. The van der Waals surface area contributed by atoms with Crippen LogP contribution in [0.25, 0.3) is 0 Å². The highest BCUT2D eigenvalue weighted by Crippen LogP contribution is 2.20. The number of rotatable bonds is 6. The zero-order chi connectivity index (χ0) is 15.1. The summed E-state index contributed by atoms with van der Waals surface area (Å²) in [5.74, 6) is -0.203. The molecule has 1 fully saturated rings. The van der Waals surface area contributed by atoms with E-state index in [9.17, 15) is 9.59 Å². The van der Waals surface area contributed by atoms with Crippen molar-refractivity contribution in [2.45, 2.75) is 44.6 Å². The predicted octanol–water partition coefficient (Wildman–Crippen LogP) is 1.85. The standard InChI is InChI=1S/C16H24N2O3/c1-18-10-8-13(12-15(18)19)16(20)17-9-5-11-21-14-6-3-2-4-7-14/h8,10,12,14H,2-7,9,11H2,1H3,(H,17,20). The summed E-state index contributed by atoms with van der Waals surface area (Å²) in [6.45, 7) is 1.25. The second-order valence-corrected chi connectivity index (χ2v) is 5.60. The Morgan fingerprint density at radius 1 is 1.38 bits per heavy atom. The molecule has 116 valence electrons. The molecule has 0 radical (unpaired) electrons. The lowest BCUT2D eigenvalue weighted by Gasteiger charge is -2.21. The van der Waals surface area contributed by atoms with Crippen molar-refractivity contribution in [1.82, 2.24) is 9.88 Å². The first-order valence-corrected chi connectivity index (χ1v) is 7.73. The van der Waals surface area contributed by atoms with Gasteiger partial charge >= 0.3 is 0 Å². The summed E-state index contributed by atoms with van der Waals surface area (Å²) < 4.78 is 7.24. The molecule has 1 N–H and O–H groups in total.